The highest BCUT2D eigenvalue weighted by atomic mass is 14.4. The predicted octanol–water partition coefficient (Wildman–Crippen LogP) is 5.77. The minimum atomic E-state index is 0.493. The van der Waals surface area contributed by atoms with E-state index in [-0.39, 0.29) is 0 Å². The molecule has 0 saturated carbocycles. The molecule has 0 aliphatic rings. The molecule has 0 radical (unpaired) electrons. The van der Waals surface area contributed by atoms with Gasteiger partial charge in [0.15, 0.2) is 0 Å². The van der Waals surface area contributed by atoms with E-state index in [1.165, 1.54) is 19.3 Å². The zero-order chi connectivity index (χ0) is 12.9. The predicted molar refractivity (Wildman–Crippen MR) is 75.6 cm³/mol. The molecule has 16 heavy (non-hydrogen) atoms. The van der Waals surface area contributed by atoms with E-state index < -0.39 is 0 Å². The quantitative estimate of drug-likeness (QED) is 0.517. The lowest BCUT2D eigenvalue weighted by Gasteiger charge is -2.41. The van der Waals surface area contributed by atoms with Crippen LogP contribution in [0.25, 0.3) is 0 Å². The maximum absolute atomic E-state index is 2.46. The molecular weight excluding hydrogens is 192 g/mol. The molecular formula is C16H34. The fourth-order valence-corrected chi connectivity index (χ4v) is 2.57. The van der Waals surface area contributed by atoms with E-state index in [9.17, 15) is 0 Å². The molecule has 3 atom stereocenters. The summed E-state index contributed by atoms with van der Waals surface area (Å²) in [5, 5.41) is 0. The number of hydrogen-bond donors (Lipinski definition) is 0. The SMILES string of the molecule is CCC(C)CC(C(C)C(C)C)C(C)(C)CC. The van der Waals surface area contributed by atoms with Gasteiger partial charge in [0.2, 0.25) is 0 Å². The summed E-state index contributed by atoms with van der Waals surface area (Å²) >= 11 is 0. The van der Waals surface area contributed by atoms with Crippen molar-refractivity contribution in [3.63, 3.8) is 0 Å². The molecule has 0 spiro atoms. The van der Waals surface area contributed by atoms with E-state index in [1.54, 1.807) is 0 Å². The van der Waals surface area contributed by atoms with Crippen LogP contribution in [0.4, 0.5) is 0 Å². The largest absolute Gasteiger partial charge is 0.0651 e. The molecule has 0 fully saturated rings. The Morgan fingerprint density at radius 1 is 0.938 bits per heavy atom. The third-order valence-electron chi connectivity index (χ3n) is 4.95. The first-order valence-corrected chi connectivity index (χ1v) is 7.26. The maximum atomic E-state index is 2.46. The second kappa shape index (κ2) is 6.67. The first kappa shape index (κ1) is 16.0. The van der Waals surface area contributed by atoms with Gasteiger partial charge in [-0.15, -0.1) is 0 Å². The van der Waals surface area contributed by atoms with Crippen molar-refractivity contribution in [3.8, 4) is 0 Å². The molecule has 98 valence electrons. The van der Waals surface area contributed by atoms with Crippen LogP contribution in [0.15, 0.2) is 0 Å². The van der Waals surface area contributed by atoms with Gasteiger partial charge in [-0.1, -0.05) is 68.2 Å². The zero-order valence-corrected chi connectivity index (χ0v) is 12.9. The zero-order valence-electron chi connectivity index (χ0n) is 12.9. The molecule has 0 saturated heterocycles. The van der Waals surface area contributed by atoms with E-state index in [0.29, 0.717) is 5.41 Å². The molecule has 0 amide bonds. The Kier molecular flexibility index (Phi) is 6.67. The molecule has 0 aliphatic heterocycles. The lowest BCUT2D eigenvalue weighted by atomic mass is 9.65. The Morgan fingerprint density at radius 2 is 1.44 bits per heavy atom. The number of rotatable bonds is 7. The molecule has 0 aromatic carbocycles. The third-order valence-corrected chi connectivity index (χ3v) is 4.95. The summed E-state index contributed by atoms with van der Waals surface area (Å²) in [4.78, 5) is 0. The molecule has 0 heterocycles. The van der Waals surface area contributed by atoms with Gasteiger partial charge in [-0.05, 0) is 35.5 Å². The summed E-state index contributed by atoms with van der Waals surface area (Å²) in [6.07, 6.45) is 4.02. The van der Waals surface area contributed by atoms with E-state index in [1.807, 2.05) is 0 Å². The van der Waals surface area contributed by atoms with Crippen molar-refractivity contribution >= 4 is 0 Å². The van der Waals surface area contributed by atoms with Crippen LogP contribution in [0.1, 0.15) is 74.7 Å². The van der Waals surface area contributed by atoms with Crippen molar-refractivity contribution in [2.24, 2.45) is 29.1 Å². The van der Waals surface area contributed by atoms with Gasteiger partial charge in [0.1, 0.15) is 0 Å². The molecule has 0 nitrogen and oxygen atoms in total. The minimum Gasteiger partial charge on any atom is -0.0651 e. The Labute approximate surface area is 104 Å². The Balaban J connectivity index is 4.76. The Morgan fingerprint density at radius 3 is 1.75 bits per heavy atom. The average Bonchev–Trinajstić information content (AvgIpc) is 2.24. The van der Waals surface area contributed by atoms with Crippen LogP contribution >= 0.6 is 0 Å². The van der Waals surface area contributed by atoms with Crippen LogP contribution < -0.4 is 0 Å². The first-order valence-electron chi connectivity index (χ1n) is 7.26. The lowest BCUT2D eigenvalue weighted by Crippen LogP contribution is -2.32. The standard InChI is InChI=1S/C16H34/c1-9-13(5)11-15(14(6)12(3)4)16(7,8)10-2/h12-15H,9-11H2,1-8H3. The van der Waals surface area contributed by atoms with Gasteiger partial charge < -0.3 is 0 Å². The van der Waals surface area contributed by atoms with E-state index in [4.69, 9.17) is 0 Å². The highest BCUT2D eigenvalue weighted by molar-refractivity contribution is 4.83. The molecule has 3 unspecified atom stereocenters. The van der Waals surface area contributed by atoms with Crippen molar-refractivity contribution in [1.29, 1.82) is 0 Å². The van der Waals surface area contributed by atoms with Crippen molar-refractivity contribution in [2.45, 2.75) is 74.7 Å². The molecule has 0 aliphatic carbocycles. The first-order chi connectivity index (χ1) is 7.26. The minimum absolute atomic E-state index is 0.493. The van der Waals surface area contributed by atoms with E-state index >= 15 is 0 Å². The molecule has 0 bridgehead atoms. The third kappa shape index (κ3) is 4.47. The summed E-state index contributed by atoms with van der Waals surface area (Å²) in [6, 6.07) is 0. The fourth-order valence-electron chi connectivity index (χ4n) is 2.57. The van der Waals surface area contributed by atoms with Crippen LogP contribution in [-0.4, -0.2) is 0 Å². The summed E-state index contributed by atoms with van der Waals surface area (Å²) < 4.78 is 0. The van der Waals surface area contributed by atoms with E-state index in [0.717, 1.165) is 23.7 Å². The summed E-state index contributed by atoms with van der Waals surface area (Å²) in [5.41, 5.74) is 0.493. The smallest absolute Gasteiger partial charge is 0.0326 e. The van der Waals surface area contributed by atoms with Crippen molar-refractivity contribution in [1.82, 2.24) is 0 Å². The number of hydrogen-bond acceptors (Lipinski definition) is 0. The van der Waals surface area contributed by atoms with Gasteiger partial charge in [-0.2, -0.15) is 0 Å². The Hall–Kier alpha value is 0. The van der Waals surface area contributed by atoms with Crippen LogP contribution in [0.2, 0.25) is 0 Å². The van der Waals surface area contributed by atoms with Gasteiger partial charge in [0, 0.05) is 0 Å². The molecule has 0 aromatic rings. The van der Waals surface area contributed by atoms with E-state index in [2.05, 4.69) is 55.4 Å². The van der Waals surface area contributed by atoms with Gasteiger partial charge in [-0.3, -0.25) is 0 Å². The van der Waals surface area contributed by atoms with Gasteiger partial charge in [0.25, 0.3) is 0 Å². The highest BCUT2D eigenvalue weighted by Gasteiger charge is 2.33. The van der Waals surface area contributed by atoms with Crippen molar-refractivity contribution < 1.29 is 0 Å². The highest BCUT2D eigenvalue weighted by Crippen LogP contribution is 2.42. The van der Waals surface area contributed by atoms with Crippen molar-refractivity contribution in [2.75, 3.05) is 0 Å². The van der Waals surface area contributed by atoms with Crippen LogP contribution in [0.3, 0.4) is 0 Å². The summed E-state index contributed by atoms with van der Waals surface area (Å²) in [7, 11) is 0. The van der Waals surface area contributed by atoms with Gasteiger partial charge >= 0.3 is 0 Å². The van der Waals surface area contributed by atoms with Crippen LogP contribution in [0.5, 0.6) is 0 Å². The van der Waals surface area contributed by atoms with Crippen molar-refractivity contribution in [3.05, 3.63) is 0 Å². The summed E-state index contributed by atoms with van der Waals surface area (Å²) in [6.45, 7) is 19.2. The fraction of sp³-hybridized carbons (Fsp3) is 1.00. The van der Waals surface area contributed by atoms with Crippen LogP contribution in [0, 0.1) is 29.1 Å². The lowest BCUT2D eigenvalue weighted by molar-refractivity contribution is 0.0877. The second-order valence-electron chi connectivity index (χ2n) is 6.80. The summed E-state index contributed by atoms with van der Waals surface area (Å²) in [5.74, 6) is 3.38. The molecule has 0 aromatic heterocycles. The second-order valence-corrected chi connectivity index (χ2v) is 6.80. The molecule has 0 heteroatoms. The monoisotopic (exact) mass is 226 g/mol. The Bertz CT molecular complexity index is 178. The normalized spacial score (nSPS) is 18.6. The van der Waals surface area contributed by atoms with Gasteiger partial charge in [-0.25, -0.2) is 0 Å². The van der Waals surface area contributed by atoms with Gasteiger partial charge in [0.05, 0.1) is 0 Å². The average molecular weight is 226 g/mol. The molecule has 0 N–H and O–H groups in total. The molecule has 0 rings (SSSR count). The maximum Gasteiger partial charge on any atom is -0.0326 e. The van der Waals surface area contributed by atoms with Crippen LogP contribution in [-0.2, 0) is 0 Å². The topological polar surface area (TPSA) is 0 Å².